The minimum atomic E-state index is -0.568. The molecule has 0 atom stereocenters. The monoisotopic (exact) mass is 198 g/mol. The topological polar surface area (TPSA) is 78.3 Å². The lowest BCUT2D eigenvalue weighted by atomic mass is 10.1. The van der Waals surface area contributed by atoms with Crippen LogP contribution in [0, 0.1) is 5.92 Å². The molecular formula is C9H14N2O3. The molecule has 0 aliphatic rings. The second kappa shape index (κ2) is 4.13. The number of carbonyl (C=O) groups excluding carboxylic acids is 1. The molecule has 14 heavy (non-hydrogen) atoms. The van der Waals surface area contributed by atoms with Crippen molar-refractivity contribution < 1.29 is 13.9 Å². The number of methoxy groups -OCH3 is 1. The van der Waals surface area contributed by atoms with Crippen molar-refractivity contribution in [2.75, 3.05) is 12.8 Å². The third kappa shape index (κ3) is 2.25. The molecule has 1 aromatic heterocycles. The van der Waals surface area contributed by atoms with Gasteiger partial charge in [-0.15, -0.1) is 0 Å². The molecule has 0 amide bonds. The van der Waals surface area contributed by atoms with E-state index in [1.807, 2.05) is 13.8 Å². The first kappa shape index (κ1) is 10.6. The predicted octanol–water partition coefficient (Wildman–Crippen LogP) is 1.24. The maximum absolute atomic E-state index is 11.1. The second-order valence-electron chi connectivity index (χ2n) is 3.41. The Morgan fingerprint density at radius 3 is 2.79 bits per heavy atom. The molecule has 1 rings (SSSR count). The van der Waals surface area contributed by atoms with Crippen molar-refractivity contribution in [3.63, 3.8) is 0 Å². The lowest BCUT2D eigenvalue weighted by Crippen LogP contribution is -2.05. The molecule has 0 aliphatic heterocycles. The second-order valence-corrected chi connectivity index (χ2v) is 3.41. The first-order valence-electron chi connectivity index (χ1n) is 4.38. The smallest absolute Gasteiger partial charge is 0.362 e. The van der Waals surface area contributed by atoms with Gasteiger partial charge in [-0.1, -0.05) is 13.8 Å². The van der Waals surface area contributed by atoms with Gasteiger partial charge in [0.1, 0.15) is 0 Å². The van der Waals surface area contributed by atoms with Gasteiger partial charge in [-0.2, -0.15) is 0 Å². The molecule has 0 radical (unpaired) electrons. The number of oxazole rings is 1. The van der Waals surface area contributed by atoms with Crippen LogP contribution in [0.3, 0.4) is 0 Å². The molecule has 0 saturated carbocycles. The number of hydrogen-bond acceptors (Lipinski definition) is 5. The highest BCUT2D eigenvalue weighted by molar-refractivity contribution is 5.91. The summed E-state index contributed by atoms with van der Waals surface area (Å²) in [5.41, 5.74) is 5.52. The highest BCUT2D eigenvalue weighted by Gasteiger charge is 2.18. The normalized spacial score (nSPS) is 10.6. The molecule has 1 heterocycles. The first-order valence-corrected chi connectivity index (χ1v) is 4.38. The molecule has 0 fully saturated rings. The van der Waals surface area contributed by atoms with Crippen molar-refractivity contribution in [2.45, 2.75) is 20.3 Å². The van der Waals surface area contributed by atoms with Gasteiger partial charge >= 0.3 is 5.97 Å². The minimum absolute atomic E-state index is 0.0208. The minimum Gasteiger partial charge on any atom is -0.464 e. The molecule has 0 unspecified atom stereocenters. The number of carbonyl (C=O) groups is 1. The summed E-state index contributed by atoms with van der Waals surface area (Å²) in [6, 6.07) is 0. The van der Waals surface area contributed by atoms with E-state index in [2.05, 4.69) is 9.72 Å². The fourth-order valence-electron chi connectivity index (χ4n) is 1.06. The largest absolute Gasteiger partial charge is 0.464 e. The lowest BCUT2D eigenvalue weighted by molar-refractivity contribution is 0.0595. The van der Waals surface area contributed by atoms with Crippen molar-refractivity contribution in [3.05, 3.63) is 11.6 Å². The Labute approximate surface area is 82.2 Å². The summed E-state index contributed by atoms with van der Waals surface area (Å²) in [4.78, 5) is 15.1. The Kier molecular flexibility index (Phi) is 3.11. The molecule has 0 aliphatic carbocycles. The van der Waals surface area contributed by atoms with E-state index in [-0.39, 0.29) is 11.6 Å². The summed E-state index contributed by atoms with van der Waals surface area (Å²) in [6.45, 7) is 4.05. The summed E-state index contributed by atoms with van der Waals surface area (Å²) in [7, 11) is 1.28. The van der Waals surface area contributed by atoms with E-state index in [1.54, 1.807) is 0 Å². The van der Waals surface area contributed by atoms with E-state index in [1.165, 1.54) is 7.11 Å². The van der Waals surface area contributed by atoms with E-state index >= 15 is 0 Å². The summed E-state index contributed by atoms with van der Waals surface area (Å²) in [6.07, 6.45) is 0.654. The van der Waals surface area contributed by atoms with Gasteiger partial charge in [-0.25, -0.2) is 9.78 Å². The molecular weight excluding hydrogens is 184 g/mol. The standard InChI is InChI=1S/C9H14N2O3/c1-5(2)4-6-11-7(8(10)14-6)9(12)13-3/h5H,4,10H2,1-3H3. The Morgan fingerprint density at radius 1 is 1.64 bits per heavy atom. The van der Waals surface area contributed by atoms with Crippen molar-refractivity contribution >= 4 is 11.9 Å². The third-order valence-electron chi connectivity index (χ3n) is 1.66. The van der Waals surface area contributed by atoms with Crippen LogP contribution in [-0.4, -0.2) is 18.1 Å². The molecule has 78 valence electrons. The summed E-state index contributed by atoms with van der Waals surface area (Å²) in [5, 5.41) is 0. The fourth-order valence-corrected chi connectivity index (χ4v) is 1.06. The van der Waals surface area contributed by atoms with Crippen LogP contribution in [0.25, 0.3) is 0 Å². The molecule has 1 aromatic rings. The molecule has 0 bridgehead atoms. The average Bonchev–Trinajstić information content (AvgIpc) is 2.44. The molecule has 0 aromatic carbocycles. The Morgan fingerprint density at radius 2 is 2.29 bits per heavy atom. The summed E-state index contributed by atoms with van der Waals surface area (Å²) < 4.78 is 9.61. The van der Waals surface area contributed by atoms with Gasteiger partial charge in [0.2, 0.25) is 11.6 Å². The maximum atomic E-state index is 11.1. The number of aromatic nitrogens is 1. The van der Waals surface area contributed by atoms with Crippen molar-refractivity contribution in [3.8, 4) is 0 Å². The summed E-state index contributed by atoms with van der Waals surface area (Å²) in [5.74, 6) is 0.324. The average molecular weight is 198 g/mol. The number of nitrogens with zero attached hydrogens (tertiary/aromatic N) is 1. The van der Waals surface area contributed by atoms with E-state index in [4.69, 9.17) is 10.2 Å². The SMILES string of the molecule is COC(=O)c1nc(CC(C)C)oc1N. The molecule has 5 heteroatoms. The molecule has 0 saturated heterocycles. The van der Waals surface area contributed by atoms with Crippen LogP contribution in [0.2, 0.25) is 0 Å². The Hall–Kier alpha value is -1.52. The third-order valence-corrected chi connectivity index (χ3v) is 1.66. The van der Waals surface area contributed by atoms with Crippen LogP contribution in [0.1, 0.15) is 30.2 Å². The molecule has 2 N–H and O–H groups in total. The van der Waals surface area contributed by atoms with Crippen LogP contribution in [0.5, 0.6) is 0 Å². The van der Waals surface area contributed by atoms with Gasteiger partial charge in [0.05, 0.1) is 7.11 Å². The molecule has 0 spiro atoms. The van der Waals surface area contributed by atoms with Gasteiger partial charge in [-0.05, 0) is 5.92 Å². The van der Waals surface area contributed by atoms with Gasteiger partial charge in [0.25, 0.3) is 0 Å². The number of esters is 1. The number of anilines is 1. The highest BCUT2D eigenvalue weighted by Crippen LogP contribution is 2.16. The quantitative estimate of drug-likeness (QED) is 0.739. The fraction of sp³-hybridized carbons (Fsp3) is 0.556. The number of rotatable bonds is 3. The van der Waals surface area contributed by atoms with Crippen molar-refractivity contribution in [1.29, 1.82) is 0 Å². The number of ether oxygens (including phenoxy) is 1. The van der Waals surface area contributed by atoms with Gasteiger partial charge in [-0.3, -0.25) is 0 Å². The first-order chi connectivity index (χ1) is 6.54. The van der Waals surface area contributed by atoms with Crippen LogP contribution < -0.4 is 5.73 Å². The lowest BCUT2D eigenvalue weighted by Gasteiger charge is -1.97. The van der Waals surface area contributed by atoms with Crippen molar-refractivity contribution in [2.24, 2.45) is 5.92 Å². The predicted molar refractivity (Wildman–Crippen MR) is 50.8 cm³/mol. The summed E-state index contributed by atoms with van der Waals surface area (Å²) >= 11 is 0. The van der Waals surface area contributed by atoms with Crippen LogP contribution in [0.4, 0.5) is 5.88 Å². The Balaban J connectivity index is 2.87. The van der Waals surface area contributed by atoms with E-state index in [9.17, 15) is 4.79 Å². The van der Waals surface area contributed by atoms with E-state index < -0.39 is 5.97 Å². The van der Waals surface area contributed by atoms with Crippen LogP contribution in [-0.2, 0) is 11.2 Å². The Bertz CT molecular complexity index is 331. The van der Waals surface area contributed by atoms with Gasteiger partial charge < -0.3 is 14.9 Å². The number of hydrogen-bond donors (Lipinski definition) is 1. The highest BCUT2D eigenvalue weighted by atomic mass is 16.5. The van der Waals surface area contributed by atoms with Crippen molar-refractivity contribution in [1.82, 2.24) is 4.98 Å². The zero-order chi connectivity index (χ0) is 10.7. The van der Waals surface area contributed by atoms with E-state index in [0.717, 1.165) is 0 Å². The molecule has 5 nitrogen and oxygen atoms in total. The van der Waals surface area contributed by atoms with E-state index in [0.29, 0.717) is 18.2 Å². The number of nitrogens with two attached hydrogens (primary N) is 1. The number of nitrogen functional groups attached to an aromatic ring is 1. The zero-order valence-electron chi connectivity index (χ0n) is 8.53. The van der Waals surface area contributed by atoms with Gasteiger partial charge in [0.15, 0.2) is 5.89 Å². The van der Waals surface area contributed by atoms with Crippen LogP contribution in [0.15, 0.2) is 4.42 Å². The zero-order valence-corrected chi connectivity index (χ0v) is 8.53. The van der Waals surface area contributed by atoms with Crippen LogP contribution >= 0.6 is 0 Å². The maximum Gasteiger partial charge on any atom is 0.362 e. The van der Waals surface area contributed by atoms with Gasteiger partial charge in [0, 0.05) is 6.42 Å².